The second kappa shape index (κ2) is 11.4. The number of amides is 1. The van der Waals surface area contributed by atoms with Crippen LogP contribution in [0.3, 0.4) is 0 Å². The number of rotatable bonds is 9. The average molecular weight is 483 g/mol. The maximum absolute atomic E-state index is 12.7. The fourth-order valence-corrected chi connectivity index (χ4v) is 5.02. The number of hydrogen-bond acceptors (Lipinski definition) is 7. The van der Waals surface area contributed by atoms with Crippen LogP contribution in [0.1, 0.15) is 38.2 Å². The van der Waals surface area contributed by atoms with Gasteiger partial charge in [-0.25, -0.2) is 0 Å². The van der Waals surface area contributed by atoms with Crippen molar-refractivity contribution in [1.29, 1.82) is 0 Å². The third kappa shape index (κ3) is 5.70. The fourth-order valence-electron chi connectivity index (χ4n) is 4.13. The first kappa shape index (κ1) is 24.1. The van der Waals surface area contributed by atoms with E-state index in [4.69, 9.17) is 9.15 Å². The molecule has 2 aromatic heterocycles. The Morgan fingerprint density at radius 3 is 2.88 bits per heavy atom. The van der Waals surface area contributed by atoms with Gasteiger partial charge in [0, 0.05) is 25.3 Å². The van der Waals surface area contributed by atoms with Crippen LogP contribution in [0.5, 0.6) is 0 Å². The summed E-state index contributed by atoms with van der Waals surface area (Å²) in [6, 6.07) is 11.9. The zero-order valence-electron chi connectivity index (χ0n) is 19.6. The summed E-state index contributed by atoms with van der Waals surface area (Å²) >= 11 is 1.57. The lowest BCUT2D eigenvalue weighted by molar-refractivity contribution is -0.151. The van der Waals surface area contributed by atoms with E-state index in [1.807, 2.05) is 41.8 Å². The van der Waals surface area contributed by atoms with Crippen LogP contribution < -0.4 is 0 Å². The van der Waals surface area contributed by atoms with Crippen molar-refractivity contribution < 1.29 is 18.7 Å². The van der Waals surface area contributed by atoms with Crippen LogP contribution >= 0.6 is 11.8 Å². The molecule has 34 heavy (non-hydrogen) atoms. The molecule has 1 amide bonds. The van der Waals surface area contributed by atoms with Gasteiger partial charge >= 0.3 is 5.97 Å². The number of esters is 1. The lowest BCUT2D eigenvalue weighted by Crippen LogP contribution is -2.42. The van der Waals surface area contributed by atoms with E-state index in [1.165, 1.54) is 0 Å². The van der Waals surface area contributed by atoms with E-state index in [0.29, 0.717) is 44.1 Å². The Bertz CT molecular complexity index is 1110. The standard InChI is InChI=1S/C25H30N4O4S/c1-3-32-24(31)19-9-5-13-28(17-19)22(30)12-7-15-34-25-27-26-23(21-11-6-14-33-21)29(25)20-10-4-8-18(2)16-20/h4,6,8,10-11,14,16,19H,3,5,7,9,12-13,15,17H2,1-2H3. The number of carbonyl (C=O) groups is 2. The van der Waals surface area contributed by atoms with E-state index in [2.05, 4.69) is 16.3 Å². The molecule has 3 aromatic rings. The summed E-state index contributed by atoms with van der Waals surface area (Å²) in [4.78, 5) is 26.6. The second-order valence-corrected chi connectivity index (χ2v) is 9.40. The van der Waals surface area contributed by atoms with Gasteiger partial charge in [-0.05, 0) is 62.9 Å². The Labute approximate surface area is 203 Å². The van der Waals surface area contributed by atoms with Crippen molar-refractivity contribution in [3.63, 3.8) is 0 Å². The van der Waals surface area contributed by atoms with Crippen LogP contribution in [-0.2, 0) is 14.3 Å². The molecule has 4 rings (SSSR count). The number of likely N-dealkylation sites (tertiary alicyclic amines) is 1. The van der Waals surface area contributed by atoms with Crippen molar-refractivity contribution >= 4 is 23.6 Å². The molecule has 0 radical (unpaired) electrons. The number of aryl methyl sites for hydroxylation is 1. The molecule has 1 atom stereocenters. The van der Waals surface area contributed by atoms with Gasteiger partial charge in [0.2, 0.25) is 11.7 Å². The van der Waals surface area contributed by atoms with Crippen LogP contribution in [0.2, 0.25) is 0 Å². The average Bonchev–Trinajstić information content (AvgIpc) is 3.52. The summed E-state index contributed by atoms with van der Waals surface area (Å²) in [7, 11) is 0. The molecule has 0 N–H and O–H groups in total. The lowest BCUT2D eigenvalue weighted by Gasteiger charge is -2.31. The predicted molar refractivity (Wildman–Crippen MR) is 130 cm³/mol. The number of ether oxygens (including phenoxy) is 1. The molecule has 0 spiro atoms. The largest absolute Gasteiger partial charge is 0.466 e. The van der Waals surface area contributed by atoms with E-state index in [-0.39, 0.29) is 17.8 Å². The monoisotopic (exact) mass is 482 g/mol. The Kier molecular flexibility index (Phi) is 8.05. The van der Waals surface area contributed by atoms with Gasteiger partial charge in [-0.2, -0.15) is 0 Å². The van der Waals surface area contributed by atoms with Gasteiger partial charge in [0.1, 0.15) is 0 Å². The van der Waals surface area contributed by atoms with Gasteiger partial charge in [-0.1, -0.05) is 23.9 Å². The van der Waals surface area contributed by atoms with Crippen molar-refractivity contribution in [3.05, 3.63) is 48.2 Å². The molecule has 1 aromatic carbocycles. The van der Waals surface area contributed by atoms with Gasteiger partial charge in [0.15, 0.2) is 10.9 Å². The second-order valence-electron chi connectivity index (χ2n) is 8.34. The minimum absolute atomic E-state index is 0.0889. The van der Waals surface area contributed by atoms with E-state index in [0.717, 1.165) is 35.0 Å². The van der Waals surface area contributed by atoms with Crippen molar-refractivity contribution in [2.45, 2.75) is 44.7 Å². The molecule has 1 aliphatic rings. The number of thioether (sulfide) groups is 1. The fraction of sp³-hybridized carbons (Fsp3) is 0.440. The lowest BCUT2D eigenvalue weighted by atomic mass is 9.98. The Morgan fingerprint density at radius 2 is 2.12 bits per heavy atom. The van der Waals surface area contributed by atoms with Gasteiger partial charge in [-0.3, -0.25) is 14.2 Å². The molecule has 1 unspecified atom stereocenters. The minimum atomic E-state index is -0.208. The zero-order valence-corrected chi connectivity index (χ0v) is 20.4. The predicted octanol–water partition coefficient (Wildman–Crippen LogP) is 4.51. The van der Waals surface area contributed by atoms with Gasteiger partial charge in [0.05, 0.1) is 24.5 Å². The molecule has 0 aliphatic carbocycles. The molecule has 180 valence electrons. The summed E-state index contributed by atoms with van der Waals surface area (Å²) < 4.78 is 12.7. The summed E-state index contributed by atoms with van der Waals surface area (Å²) in [6.07, 6.45) is 4.38. The van der Waals surface area contributed by atoms with Crippen molar-refractivity contribution in [2.24, 2.45) is 5.92 Å². The molecule has 3 heterocycles. The van der Waals surface area contributed by atoms with Crippen LogP contribution in [0, 0.1) is 12.8 Å². The maximum atomic E-state index is 12.7. The third-order valence-corrected chi connectivity index (χ3v) is 6.81. The van der Waals surface area contributed by atoms with Crippen LogP contribution in [0.25, 0.3) is 17.3 Å². The minimum Gasteiger partial charge on any atom is -0.466 e. The first-order chi connectivity index (χ1) is 16.6. The Hall–Kier alpha value is -3.07. The highest BCUT2D eigenvalue weighted by atomic mass is 32.2. The highest BCUT2D eigenvalue weighted by Gasteiger charge is 2.29. The molecule has 1 aliphatic heterocycles. The van der Waals surface area contributed by atoms with Crippen LogP contribution in [0.15, 0.2) is 52.2 Å². The van der Waals surface area contributed by atoms with E-state index < -0.39 is 0 Å². The van der Waals surface area contributed by atoms with E-state index in [1.54, 1.807) is 29.8 Å². The molecule has 1 fully saturated rings. The zero-order chi connectivity index (χ0) is 23.9. The first-order valence-electron chi connectivity index (χ1n) is 11.7. The first-order valence-corrected chi connectivity index (χ1v) is 12.7. The van der Waals surface area contributed by atoms with Gasteiger partial charge < -0.3 is 14.1 Å². The number of hydrogen-bond donors (Lipinski definition) is 0. The third-order valence-electron chi connectivity index (χ3n) is 5.79. The maximum Gasteiger partial charge on any atom is 0.310 e. The molecule has 1 saturated heterocycles. The van der Waals surface area contributed by atoms with E-state index >= 15 is 0 Å². The number of furan rings is 1. The highest BCUT2D eigenvalue weighted by molar-refractivity contribution is 7.99. The number of carbonyl (C=O) groups excluding carboxylic acids is 2. The molecule has 8 nitrogen and oxygen atoms in total. The molecule has 0 bridgehead atoms. The molecular formula is C25H30N4O4S. The molecule has 9 heteroatoms. The summed E-state index contributed by atoms with van der Waals surface area (Å²) in [6.45, 7) is 5.38. The summed E-state index contributed by atoms with van der Waals surface area (Å²) in [5.74, 6) is 1.71. The number of aromatic nitrogens is 3. The number of nitrogens with zero attached hydrogens (tertiary/aromatic N) is 4. The van der Waals surface area contributed by atoms with E-state index in [9.17, 15) is 9.59 Å². The molecule has 0 saturated carbocycles. The number of piperidine rings is 1. The Balaban J connectivity index is 1.37. The van der Waals surface area contributed by atoms with Gasteiger partial charge in [-0.15, -0.1) is 10.2 Å². The van der Waals surface area contributed by atoms with Crippen LogP contribution in [0.4, 0.5) is 0 Å². The van der Waals surface area contributed by atoms with Crippen molar-refractivity contribution in [2.75, 3.05) is 25.4 Å². The summed E-state index contributed by atoms with van der Waals surface area (Å²) in [5, 5.41) is 9.53. The van der Waals surface area contributed by atoms with Gasteiger partial charge in [0.25, 0.3) is 0 Å². The van der Waals surface area contributed by atoms with Crippen molar-refractivity contribution in [1.82, 2.24) is 19.7 Å². The number of benzene rings is 1. The summed E-state index contributed by atoms with van der Waals surface area (Å²) in [5.41, 5.74) is 2.11. The smallest absolute Gasteiger partial charge is 0.310 e. The topological polar surface area (TPSA) is 90.5 Å². The van der Waals surface area contributed by atoms with Crippen molar-refractivity contribution in [3.8, 4) is 17.3 Å². The molecular weight excluding hydrogens is 452 g/mol. The highest BCUT2D eigenvalue weighted by Crippen LogP contribution is 2.29. The SMILES string of the molecule is CCOC(=O)C1CCCN(C(=O)CCCSc2nnc(-c3ccco3)n2-c2cccc(C)c2)C1. The Morgan fingerprint density at radius 1 is 1.24 bits per heavy atom. The normalized spacial score (nSPS) is 15.9. The quantitative estimate of drug-likeness (QED) is 0.252. The van der Waals surface area contributed by atoms with Crippen LogP contribution in [-0.4, -0.2) is 57.0 Å².